The van der Waals surface area contributed by atoms with E-state index in [2.05, 4.69) is 18.0 Å². The molecule has 0 aliphatic rings. The summed E-state index contributed by atoms with van der Waals surface area (Å²) in [5, 5.41) is 9.52. The summed E-state index contributed by atoms with van der Waals surface area (Å²) in [4.78, 5) is 2.23. The molecule has 0 aliphatic heterocycles. The van der Waals surface area contributed by atoms with Gasteiger partial charge in [0.25, 0.3) is 0 Å². The van der Waals surface area contributed by atoms with E-state index in [1.807, 2.05) is 48.5 Å². The fraction of sp³-hybridized carbons (Fsp3) is 0.188. The molecule has 2 nitrogen and oxygen atoms in total. The van der Waals surface area contributed by atoms with Crippen LogP contribution < -0.4 is 0 Å². The zero-order valence-electron chi connectivity index (χ0n) is 10.8. The molecular formula is C16H15ClN2. The van der Waals surface area contributed by atoms with Crippen molar-refractivity contribution in [2.75, 3.05) is 7.05 Å². The van der Waals surface area contributed by atoms with Crippen molar-refractivity contribution in [2.45, 2.75) is 13.1 Å². The minimum Gasteiger partial charge on any atom is -0.298 e. The van der Waals surface area contributed by atoms with Crippen LogP contribution in [-0.4, -0.2) is 11.9 Å². The summed E-state index contributed by atoms with van der Waals surface area (Å²) in [5.74, 6) is 0. The molecule has 0 saturated carbocycles. The van der Waals surface area contributed by atoms with Gasteiger partial charge in [0.2, 0.25) is 0 Å². The molecule has 2 aromatic rings. The predicted molar refractivity (Wildman–Crippen MR) is 77.8 cm³/mol. The summed E-state index contributed by atoms with van der Waals surface area (Å²) in [5.41, 5.74) is 3.14. The first-order valence-corrected chi connectivity index (χ1v) is 6.47. The van der Waals surface area contributed by atoms with Crippen LogP contribution in [0.3, 0.4) is 0 Å². The molecule has 0 N–H and O–H groups in total. The van der Waals surface area contributed by atoms with Crippen molar-refractivity contribution in [3.8, 4) is 6.07 Å². The van der Waals surface area contributed by atoms with Gasteiger partial charge in [0.05, 0.1) is 11.6 Å². The van der Waals surface area contributed by atoms with E-state index in [-0.39, 0.29) is 0 Å². The van der Waals surface area contributed by atoms with Gasteiger partial charge in [-0.1, -0.05) is 35.9 Å². The standard InChI is InChI=1S/C16H15ClN2/c1-19(12-15-6-8-16(17)9-7-15)11-14-4-2-13(10-18)3-5-14/h2-9H,11-12H2,1H3. The lowest BCUT2D eigenvalue weighted by molar-refractivity contribution is 0.319. The molecule has 19 heavy (non-hydrogen) atoms. The normalized spacial score (nSPS) is 10.4. The third-order valence-corrected chi connectivity index (χ3v) is 3.15. The molecule has 2 rings (SSSR count). The van der Waals surface area contributed by atoms with Crippen molar-refractivity contribution in [1.82, 2.24) is 4.90 Å². The monoisotopic (exact) mass is 270 g/mol. The van der Waals surface area contributed by atoms with Crippen LogP contribution in [0.2, 0.25) is 5.02 Å². The third kappa shape index (κ3) is 4.10. The number of nitriles is 1. The third-order valence-electron chi connectivity index (χ3n) is 2.90. The second kappa shape index (κ2) is 6.38. The Morgan fingerprint density at radius 3 is 1.89 bits per heavy atom. The van der Waals surface area contributed by atoms with Gasteiger partial charge in [0.15, 0.2) is 0 Å². The molecule has 0 spiro atoms. The number of nitrogens with zero attached hydrogens (tertiary/aromatic N) is 2. The fourth-order valence-electron chi connectivity index (χ4n) is 1.95. The molecule has 0 heterocycles. The molecule has 2 aromatic carbocycles. The first-order chi connectivity index (χ1) is 9.17. The van der Waals surface area contributed by atoms with Crippen molar-refractivity contribution in [1.29, 1.82) is 5.26 Å². The van der Waals surface area contributed by atoms with Crippen LogP contribution in [0.15, 0.2) is 48.5 Å². The molecule has 0 aliphatic carbocycles. The Balaban J connectivity index is 1.95. The highest BCUT2D eigenvalue weighted by atomic mass is 35.5. The lowest BCUT2D eigenvalue weighted by atomic mass is 10.1. The highest BCUT2D eigenvalue weighted by Crippen LogP contribution is 2.12. The molecule has 0 aromatic heterocycles. The SMILES string of the molecule is CN(Cc1ccc(Cl)cc1)Cc1ccc(C#N)cc1. The van der Waals surface area contributed by atoms with E-state index in [1.54, 1.807) is 0 Å². The van der Waals surface area contributed by atoms with Crippen molar-refractivity contribution in [2.24, 2.45) is 0 Å². The molecule has 3 heteroatoms. The molecule has 0 radical (unpaired) electrons. The quantitative estimate of drug-likeness (QED) is 0.844. The highest BCUT2D eigenvalue weighted by molar-refractivity contribution is 6.30. The molecule has 0 bridgehead atoms. The predicted octanol–water partition coefficient (Wildman–Crippen LogP) is 3.84. The van der Waals surface area contributed by atoms with E-state index in [0.717, 1.165) is 18.1 Å². The van der Waals surface area contributed by atoms with Crippen LogP contribution in [0, 0.1) is 11.3 Å². The Hall–Kier alpha value is -1.82. The topological polar surface area (TPSA) is 27.0 Å². The summed E-state index contributed by atoms with van der Waals surface area (Å²) in [7, 11) is 2.08. The average molecular weight is 271 g/mol. The minimum atomic E-state index is 0.698. The van der Waals surface area contributed by atoms with Gasteiger partial charge in [-0.2, -0.15) is 5.26 Å². The van der Waals surface area contributed by atoms with Crippen LogP contribution in [0.25, 0.3) is 0 Å². The van der Waals surface area contributed by atoms with Gasteiger partial charge in [-0.15, -0.1) is 0 Å². The molecule has 0 unspecified atom stereocenters. The van der Waals surface area contributed by atoms with Gasteiger partial charge < -0.3 is 0 Å². The second-order valence-corrected chi connectivity index (χ2v) is 5.04. The average Bonchev–Trinajstić information content (AvgIpc) is 2.42. The zero-order chi connectivity index (χ0) is 13.7. The molecule has 0 saturated heterocycles. The van der Waals surface area contributed by atoms with Crippen molar-refractivity contribution < 1.29 is 0 Å². The van der Waals surface area contributed by atoms with Crippen LogP contribution in [0.5, 0.6) is 0 Å². The smallest absolute Gasteiger partial charge is 0.0991 e. The van der Waals surface area contributed by atoms with Crippen molar-refractivity contribution >= 4 is 11.6 Å². The number of halogens is 1. The van der Waals surface area contributed by atoms with E-state index >= 15 is 0 Å². The summed E-state index contributed by atoms with van der Waals surface area (Å²) in [6.45, 7) is 1.73. The summed E-state index contributed by atoms with van der Waals surface area (Å²) < 4.78 is 0. The highest BCUT2D eigenvalue weighted by Gasteiger charge is 2.02. The molecule has 96 valence electrons. The van der Waals surface area contributed by atoms with Gasteiger partial charge in [0.1, 0.15) is 0 Å². The van der Waals surface area contributed by atoms with Gasteiger partial charge in [-0.05, 0) is 42.4 Å². The molecular weight excluding hydrogens is 256 g/mol. The first kappa shape index (κ1) is 13.6. The van der Waals surface area contributed by atoms with Crippen molar-refractivity contribution in [3.05, 3.63) is 70.2 Å². The lowest BCUT2D eigenvalue weighted by Crippen LogP contribution is -2.17. The van der Waals surface area contributed by atoms with E-state index in [0.29, 0.717) is 5.56 Å². The Morgan fingerprint density at radius 2 is 1.42 bits per heavy atom. The van der Waals surface area contributed by atoms with E-state index in [9.17, 15) is 0 Å². The Kier molecular flexibility index (Phi) is 4.57. The van der Waals surface area contributed by atoms with Crippen LogP contribution in [0.4, 0.5) is 0 Å². The number of hydrogen-bond acceptors (Lipinski definition) is 2. The van der Waals surface area contributed by atoms with Crippen LogP contribution >= 0.6 is 11.6 Å². The maximum atomic E-state index is 8.76. The largest absolute Gasteiger partial charge is 0.298 e. The van der Waals surface area contributed by atoms with Crippen molar-refractivity contribution in [3.63, 3.8) is 0 Å². The maximum absolute atomic E-state index is 8.76. The Bertz CT molecular complexity index is 567. The van der Waals surface area contributed by atoms with Gasteiger partial charge in [-0.25, -0.2) is 0 Å². The Labute approximate surface area is 118 Å². The number of benzene rings is 2. The molecule has 0 fully saturated rings. The minimum absolute atomic E-state index is 0.698. The van der Waals surface area contributed by atoms with Gasteiger partial charge >= 0.3 is 0 Å². The number of rotatable bonds is 4. The summed E-state index contributed by atoms with van der Waals surface area (Å²) in [6, 6.07) is 17.7. The lowest BCUT2D eigenvalue weighted by Gasteiger charge is -2.16. The zero-order valence-corrected chi connectivity index (χ0v) is 11.6. The van der Waals surface area contributed by atoms with E-state index in [4.69, 9.17) is 16.9 Å². The van der Waals surface area contributed by atoms with Gasteiger partial charge in [-0.3, -0.25) is 4.90 Å². The second-order valence-electron chi connectivity index (χ2n) is 4.61. The van der Waals surface area contributed by atoms with Crippen LogP contribution in [0.1, 0.15) is 16.7 Å². The first-order valence-electron chi connectivity index (χ1n) is 6.09. The maximum Gasteiger partial charge on any atom is 0.0991 e. The summed E-state index contributed by atoms with van der Waals surface area (Å²) in [6.07, 6.45) is 0. The van der Waals surface area contributed by atoms with E-state index in [1.165, 1.54) is 11.1 Å². The molecule has 0 amide bonds. The summed E-state index contributed by atoms with van der Waals surface area (Å²) >= 11 is 5.87. The Morgan fingerprint density at radius 1 is 0.947 bits per heavy atom. The van der Waals surface area contributed by atoms with Crippen LogP contribution in [-0.2, 0) is 13.1 Å². The fourth-order valence-corrected chi connectivity index (χ4v) is 2.08. The molecule has 0 atom stereocenters. The van der Waals surface area contributed by atoms with E-state index < -0.39 is 0 Å². The number of hydrogen-bond donors (Lipinski definition) is 0. The van der Waals surface area contributed by atoms with Gasteiger partial charge in [0, 0.05) is 18.1 Å².